The smallest absolute Gasteiger partial charge is 0.260 e. The van der Waals surface area contributed by atoms with E-state index in [1.54, 1.807) is 0 Å². The Labute approximate surface area is 66.8 Å². The van der Waals surface area contributed by atoms with Crippen LogP contribution in [0.4, 0.5) is 0 Å². The fourth-order valence-corrected chi connectivity index (χ4v) is 1.77. The lowest BCUT2D eigenvalue weighted by molar-refractivity contribution is -0.130. The maximum atomic E-state index is 11.0. The number of hydrogen-bond donors (Lipinski definition) is 1. The second-order valence-corrected chi connectivity index (χ2v) is 3.14. The van der Waals surface area contributed by atoms with Crippen LogP contribution in [0.5, 0.6) is 0 Å². The van der Waals surface area contributed by atoms with Gasteiger partial charge in [0.05, 0.1) is 5.75 Å². The van der Waals surface area contributed by atoms with Gasteiger partial charge in [0.2, 0.25) is 5.91 Å². The van der Waals surface area contributed by atoms with Gasteiger partial charge in [-0.2, -0.15) is 0 Å². The van der Waals surface area contributed by atoms with Crippen LogP contribution in [0.15, 0.2) is 5.10 Å². The Kier molecular flexibility index (Phi) is 1.35. The van der Waals surface area contributed by atoms with Gasteiger partial charge >= 0.3 is 0 Å². The molecule has 0 aliphatic carbocycles. The van der Waals surface area contributed by atoms with Crippen LogP contribution in [-0.4, -0.2) is 34.2 Å². The van der Waals surface area contributed by atoms with Gasteiger partial charge in [-0.25, -0.2) is 5.43 Å². The van der Waals surface area contributed by atoms with Crippen molar-refractivity contribution in [3.05, 3.63) is 0 Å². The minimum atomic E-state index is -0.232. The van der Waals surface area contributed by atoms with Gasteiger partial charge in [0, 0.05) is 0 Å². The molecule has 2 aliphatic heterocycles. The molecule has 0 atom stereocenters. The van der Waals surface area contributed by atoms with Crippen molar-refractivity contribution in [2.24, 2.45) is 5.10 Å². The highest BCUT2D eigenvalue weighted by Crippen LogP contribution is 2.19. The van der Waals surface area contributed by atoms with Gasteiger partial charge in [0.15, 0.2) is 5.17 Å². The Morgan fingerprint density at radius 1 is 1.55 bits per heavy atom. The van der Waals surface area contributed by atoms with Crippen molar-refractivity contribution < 1.29 is 9.59 Å². The van der Waals surface area contributed by atoms with E-state index in [9.17, 15) is 9.59 Å². The van der Waals surface area contributed by atoms with Crippen molar-refractivity contribution in [1.29, 1.82) is 0 Å². The summed E-state index contributed by atoms with van der Waals surface area (Å²) in [7, 11) is 0. The Hall–Kier alpha value is -1.04. The van der Waals surface area contributed by atoms with Crippen molar-refractivity contribution >= 4 is 28.7 Å². The number of fused-ring (bicyclic) bond motifs is 1. The largest absolute Gasteiger partial charge is 0.280 e. The number of rotatable bonds is 0. The van der Waals surface area contributed by atoms with E-state index in [2.05, 4.69) is 10.5 Å². The number of amidine groups is 1. The normalized spacial score (nSPS) is 22.9. The van der Waals surface area contributed by atoms with E-state index in [1.807, 2.05) is 0 Å². The van der Waals surface area contributed by atoms with E-state index in [0.717, 1.165) is 0 Å². The molecule has 0 bridgehead atoms. The minimum Gasteiger partial charge on any atom is -0.280 e. The van der Waals surface area contributed by atoms with Crippen molar-refractivity contribution in [3.8, 4) is 0 Å². The number of carbonyl (C=O) groups excluding carboxylic acids is 2. The Morgan fingerprint density at radius 3 is 3.18 bits per heavy atom. The topological polar surface area (TPSA) is 61.8 Å². The maximum Gasteiger partial charge on any atom is 0.260 e. The molecule has 1 N–H and O–H groups in total. The van der Waals surface area contributed by atoms with E-state index in [0.29, 0.717) is 10.9 Å². The summed E-state index contributed by atoms with van der Waals surface area (Å²) >= 11 is 1.35. The SMILES string of the molecule is O=C1CN2C(=O)CSC2=NN1. The van der Waals surface area contributed by atoms with Crippen molar-refractivity contribution in [3.63, 3.8) is 0 Å². The first kappa shape index (κ1) is 6.66. The third-order valence-electron chi connectivity index (χ3n) is 1.43. The molecule has 0 spiro atoms. The predicted molar refractivity (Wildman–Crippen MR) is 39.7 cm³/mol. The molecule has 11 heavy (non-hydrogen) atoms. The van der Waals surface area contributed by atoms with Gasteiger partial charge in [-0.15, -0.1) is 5.10 Å². The van der Waals surface area contributed by atoms with E-state index >= 15 is 0 Å². The molecule has 0 aromatic carbocycles. The third-order valence-corrected chi connectivity index (χ3v) is 2.40. The average molecular weight is 171 g/mol. The van der Waals surface area contributed by atoms with Gasteiger partial charge in [-0.1, -0.05) is 11.8 Å². The first-order valence-electron chi connectivity index (χ1n) is 3.07. The van der Waals surface area contributed by atoms with Crippen molar-refractivity contribution in [1.82, 2.24) is 10.3 Å². The zero-order chi connectivity index (χ0) is 7.84. The number of hydrogen-bond acceptors (Lipinski definition) is 4. The van der Waals surface area contributed by atoms with Crippen LogP contribution in [0.1, 0.15) is 0 Å². The quantitative estimate of drug-likeness (QED) is 0.506. The summed E-state index contributed by atoms with van der Waals surface area (Å²) in [6.45, 7) is 0.116. The molecular weight excluding hydrogens is 166 g/mol. The highest BCUT2D eigenvalue weighted by Gasteiger charge is 2.32. The highest BCUT2D eigenvalue weighted by molar-refractivity contribution is 8.15. The van der Waals surface area contributed by atoms with E-state index in [4.69, 9.17) is 0 Å². The summed E-state index contributed by atoms with van der Waals surface area (Å²) in [6.07, 6.45) is 0. The molecule has 1 fully saturated rings. The van der Waals surface area contributed by atoms with E-state index in [1.165, 1.54) is 16.7 Å². The average Bonchev–Trinajstić information content (AvgIpc) is 2.33. The van der Waals surface area contributed by atoms with Crippen LogP contribution in [-0.2, 0) is 9.59 Å². The fraction of sp³-hybridized carbons (Fsp3) is 0.400. The lowest BCUT2D eigenvalue weighted by Gasteiger charge is -2.18. The third kappa shape index (κ3) is 0.988. The van der Waals surface area contributed by atoms with Crippen molar-refractivity contribution in [2.45, 2.75) is 0 Å². The van der Waals surface area contributed by atoms with Gasteiger partial charge < -0.3 is 0 Å². The molecule has 0 saturated carbocycles. The number of carbonyl (C=O) groups is 2. The van der Waals surface area contributed by atoms with Gasteiger partial charge in [-0.3, -0.25) is 14.5 Å². The maximum absolute atomic E-state index is 11.0. The van der Waals surface area contributed by atoms with Gasteiger partial charge in [-0.05, 0) is 0 Å². The van der Waals surface area contributed by atoms with Gasteiger partial charge in [0.1, 0.15) is 6.54 Å². The molecule has 6 heteroatoms. The summed E-state index contributed by atoms with van der Waals surface area (Å²) in [6, 6.07) is 0. The number of nitrogens with one attached hydrogen (secondary N) is 1. The molecule has 58 valence electrons. The predicted octanol–water partition coefficient (Wildman–Crippen LogP) is -1.04. The van der Waals surface area contributed by atoms with Crippen LogP contribution < -0.4 is 5.43 Å². The first-order chi connectivity index (χ1) is 5.27. The zero-order valence-corrected chi connectivity index (χ0v) is 6.35. The molecular formula is C5H5N3O2S. The van der Waals surface area contributed by atoms with Crippen LogP contribution in [0.3, 0.4) is 0 Å². The second kappa shape index (κ2) is 2.23. The molecule has 0 radical (unpaired) electrons. The highest BCUT2D eigenvalue weighted by atomic mass is 32.2. The molecule has 0 aromatic heterocycles. The summed E-state index contributed by atoms with van der Waals surface area (Å²) in [5.41, 5.74) is 2.31. The Balaban J connectivity index is 2.29. The summed E-state index contributed by atoms with van der Waals surface area (Å²) < 4.78 is 0. The monoisotopic (exact) mass is 171 g/mol. The van der Waals surface area contributed by atoms with Crippen LogP contribution >= 0.6 is 11.8 Å². The molecule has 2 heterocycles. The van der Waals surface area contributed by atoms with E-state index in [-0.39, 0.29) is 18.4 Å². The fourth-order valence-electron chi connectivity index (χ4n) is 0.926. The van der Waals surface area contributed by atoms with Gasteiger partial charge in [0.25, 0.3) is 5.91 Å². The summed E-state index contributed by atoms with van der Waals surface area (Å²) in [4.78, 5) is 23.1. The Morgan fingerprint density at radius 2 is 2.36 bits per heavy atom. The minimum absolute atomic E-state index is 0.0383. The van der Waals surface area contributed by atoms with Crippen LogP contribution in [0, 0.1) is 0 Å². The number of amides is 2. The van der Waals surface area contributed by atoms with Crippen molar-refractivity contribution in [2.75, 3.05) is 12.3 Å². The lowest BCUT2D eigenvalue weighted by Crippen LogP contribution is -2.43. The molecule has 5 nitrogen and oxygen atoms in total. The summed E-state index contributed by atoms with van der Waals surface area (Å²) in [5, 5.41) is 4.31. The van der Waals surface area contributed by atoms with Crippen LogP contribution in [0.2, 0.25) is 0 Å². The standard InChI is InChI=1S/C5H5N3O2S/c9-3-1-8-4(10)2-11-5(8)7-6-3/h1-2H2,(H,6,9). The molecule has 0 unspecified atom stereocenters. The Bertz CT molecular complexity index is 262. The van der Waals surface area contributed by atoms with Crippen LogP contribution in [0.25, 0.3) is 0 Å². The number of thioether (sulfide) groups is 1. The second-order valence-electron chi connectivity index (χ2n) is 2.20. The molecule has 2 aliphatic rings. The molecule has 2 rings (SSSR count). The molecule has 1 saturated heterocycles. The number of hydrazone groups is 1. The van der Waals surface area contributed by atoms with E-state index < -0.39 is 0 Å². The first-order valence-corrected chi connectivity index (χ1v) is 4.05. The zero-order valence-electron chi connectivity index (χ0n) is 5.53. The number of nitrogens with zero attached hydrogens (tertiary/aromatic N) is 2. The molecule has 0 aromatic rings. The summed E-state index contributed by atoms with van der Waals surface area (Å²) in [5.74, 6) is 0.126. The lowest BCUT2D eigenvalue weighted by atomic mass is 10.5. The molecule has 2 amide bonds.